The van der Waals surface area contributed by atoms with E-state index in [4.69, 9.17) is 22.8 Å². The van der Waals surface area contributed by atoms with E-state index in [1.54, 1.807) is 36.4 Å². The summed E-state index contributed by atoms with van der Waals surface area (Å²) < 4.78 is 6.72. The van der Waals surface area contributed by atoms with E-state index in [0.29, 0.717) is 31.0 Å². The second-order valence-corrected chi connectivity index (χ2v) is 7.08. The van der Waals surface area contributed by atoms with Gasteiger partial charge in [0.05, 0.1) is 8.95 Å². The SMILES string of the molecule is C#CCOc1c(Br)cc(/C=C(/C#N)C(=O)Nc2ccc(Cl)cc2)cc1Br. The third kappa shape index (κ3) is 5.37. The van der Waals surface area contributed by atoms with E-state index in [2.05, 4.69) is 43.1 Å². The number of carbonyl (C=O) groups excluding carboxylic acids is 1. The van der Waals surface area contributed by atoms with Gasteiger partial charge in [-0.15, -0.1) is 6.42 Å². The number of rotatable bonds is 5. The largest absolute Gasteiger partial charge is 0.479 e. The van der Waals surface area contributed by atoms with Crippen LogP contribution in [0.25, 0.3) is 6.08 Å². The summed E-state index contributed by atoms with van der Waals surface area (Å²) in [6.45, 7) is 0.124. The van der Waals surface area contributed by atoms with Crippen LogP contribution in [0, 0.1) is 23.7 Å². The van der Waals surface area contributed by atoms with E-state index in [-0.39, 0.29) is 12.2 Å². The van der Waals surface area contributed by atoms with Crippen molar-refractivity contribution in [2.24, 2.45) is 0 Å². The molecule has 2 rings (SSSR count). The summed E-state index contributed by atoms with van der Waals surface area (Å²) in [6, 6.07) is 12.0. The summed E-state index contributed by atoms with van der Waals surface area (Å²) in [5.74, 6) is 2.41. The summed E-state index contributed by atoms with van der Waals surface area (Å²) in [6.07, 6.45) is 6.67. The van der Waals surface area contributed by atoms with Crippen LogP contribution in [0.2, 0.25) is 5.02 Å². The first-order chi connectivity index (χ1) is 12.4. The minimum atomic E-state index is -0.519. The minimum Gasteiger partial charge on any atom is -0.479 e. The lowest BCUT2D eigenvalue weighted by molar-refractivity contribution is -0.112. The fraction of sp³-hybridized carbons (Fsp3) is 0.0526. The Hall–Kier alpha value is -2.25. The highest BCUT2D eigenvalue weighted by Crippen LogP contribution is 2.35. The number of benzene rings is 2. The molecular formula is C19H11Br2ClN2O2. The molecule has 4 nitrogen and oxygen atoms in total. The summed E-state index contributed by atoms with van der Waals surface area (Å²) in [5, 5.41) is 12.5. The molecule has 0 atom stereocenters. The van der Waals surface area contributed by atoms with E-state index in [1.165, 1.54) is 6.08 Å². The lowest BCUT2D eigenvalue weighted by Gasteiger charge is -2.09. The molecular weight excluding hydrogens is 483 g/mol. The van der Waals surface area contributed by atoms with Gasteiger partial charge in [-0.2, -0.15) is 5.26 Å². The number of carbonyl (C=O) groups is 1. The van der Waals surface area contributed by atoms with Crippen LogP contribution in [0.15, 0.2) is 50.9 Å². The zero-order chi connectivity index (χ0) is 19.1. The first-order valence-electron chi connectivity index (χ1n) is 7.18. The number of nitriles is 1. The number of amides is 1. The topological polar surface area (TPSA) is 62.1 Å². The molecule has 2 aromatic rings. The maximum atomic E-state index is 12.3. The van der Waals surface area contributed by atoms with Crippen molar-refractivity contribution in [3.05, 3.63) is 61.5 Å². The number of halogens is 3. The van der Waals surface area contributed by atoms with Crippen LogP contribution in [-0.4, -0.2) is 12.5 Å². The zero-order valence-corrected chi connectivity index (χ0v) is 17.2. The van der Waals surface area contributed by atoms with Crippen molar-refractivity contribution in [1.29, 1.82) is 5.26 Å². The molecule has 0 aliphatic rings. The predicted molar refractivity (Wildman–Crippen MR) is 110 cm³/mol. The van der Waals surface area contributed by atoms with Gasteiger partial charge in [-0.1, -0.05) is 17.5 Å². The molecule has 1 N–H and O–H groups in total. The molecule has 26 heavy (non-hydrogen) atoms. The van der Waals surface area contributed by atoms with Crippen molar-refractivity contribution < 1.29 is 9.53 Å². The number of hydrogen-bond acceptors (Lipinski definition) is 3. The molecule has 0 heterocycles. The highest BCUT2D eigenvalue weighted by atomic mass is 79.9. The van der Waals surface area contributed by atoms with Crippen molar-refractivity contribution >= 4 is 61.1 Å². The van der Waals surface area contributed by atoms with Crippen molar-refractivity contribution in [3.8, 4) is 24.2 Å². The van der Waals surface area contributed by atoms with E-state index in [1.807, 2.05) is 6.07 Å². The van der Waals surface area contributed by atoms with Crippen molar-refractivity contribution in [2.75, 3.05) is 11.9 Å². The fourth-order valence-corrected chi connectivity index (χ4v) is 3.54. The van der Waals surface area contributed by atoms with E-state index in [0.717, 1.165) is 0 Å². The van der Waals surface area contributed by atoms with Crippen LogP contribution in [-0.2, 0) is 4.79 Å². The Morgan fingerprint density at radius 2 is 1.88 bits per heavy atom. The molecule has 0 spiro atoms. The maximum absolute atomic E-state index is 12.3. The number of nitrogens with zero attached hydrogens (tertiary/aromatic N) is 1. The molecule has 0 unspecified atom stereocenters. The van der Waals surface area contributed by atoms with Crippen LogP contribution in [0.4, 0.5) is 5.69 Å². The Balaban J connectivity index is 2.25. The van der Waals surface area contributed by atoms with E-state index in [9.17, 15) is 10.1 Å². The Morgan fingerprint density at radius 3 is 2.42 bits per heavy atom. The monoisotopic (exact) mass is 492 g/mol. The summed E-state index contributed by atoms with van der Waals surface area (Å²) >= 11 is 12.6. The standard InChI is InChI=1S/C19H11Br2ClN2O2/c1-2-7-26-18-16(20)9-12(10-17(18)21)8-13(11-23)19(25)24-15-5-3-14(22)4-6-15/h1,3-6,8-10H,7H2,(H,24,25)/b13-8-. The second kappa shape index (κ2) is 9.45. The lowest BCUT2D eigenvalue weighted by Crippen LogP contribution is -2.13. The van der Waals surface area contributed by atoms with Crippen LogP contribution < -0.4 is 10.1 Å². The van der Waals surface area contributed by atoms with Gasteiger partial charge in [0.15, 0.2) is 0 Å². The van der Waals surface area contributed by atoms with Crippen LogP contribution in [0.3, 0.4) is 0 Å². The van der Waals surface area contributed by atoms with Crippen molar-refractivity contribution in [2.45, 2.75) is 0 Å². The quantitative estimate of drug-likeness (QED) is 0.343. The van der Waals surface area contributed by atoms with Gasteiger partial charge in [-0.3, -0.25) is 4.79 Å². The number of nitrogens with one attached hydrogen (secondary N) is 1. The molecule has 0 bridgehead atoms. The number of terminal acetylenes is 1. The third-order valence-corrected chi connectivity index (χ3v) is 4.53. The number of ether oxygens (including phenoxy) is 1. The van der Waals surface area contributed by atoms with Crippen molar-refractivity contribution in [3.63, 3.8) is 0 Å². The maximum Gasteiger partial charge on any atom is 0.266 e. The average molecular weight is 495 g/mol. The molecule has 0 radical (unpaired) electrons. The Kier molecular flexibility index (Phi) is 7.29. The van der Waals surface area contributed by atoms with E-state index >= 15 is 0 Å². The normalized spacial score (nSPS) is 10.6. The highest BCUT2D eigenvalue weighted by Gasteiger charge is 2.12. The molecule has 0 aliphatic carbocycles. The van der Waals surface area contributed by atoms with Gasteiger partial charge in [-0.25, -0.2) is 0 Å². The van der Waals surface area contributed by atoms with Gasteiger partial charge >= 0.3 is 0 Å². The molecule has 130 valence electrons. The molecule has 0 saturated heterocycles. The van der Waals surface area contributed by atoms with Gasteiger partial charge in [0.1, 0.15) is 24.0 Å². The van der Waals surface area contributed by atoms with Crippen LogP contribution >= 0.6 is 43.5 Å². The molecule has 7 heteroatoms. The lowest BCUT2D eigenvalue weighted by atomic mass is 10.1. The van der Waals surface area contributed by atoms with Gasteiger partial charge < -0.3 is 10.1 Å². The highest BCUT2D eigenvalue weighted by molar-refractivity contribution is 9.11. The fourth-order valence-electron chi connectivity index (χ4n) is 1.96. The van der Waals surface area contributed by atoms with Gasteiger partial charge in [0, 0.05) is 10.7 Å². The Bertz CT molecular complexity index is 918. The second-order valence-electron chi connectivity index (χ2n) is 4.94. The van der Waals surface area contributed by atoms with E-state index < -0.39 is 5.91 Å². The number of hydrogen-bond donors (Lipinski definition) is 1. The summed E-state index contributed by atoms with van der Waals surface area (Å²) in [4.78, 5) is 12.3. The first kappa shape index (κ1) is 20.1. The number of anilines is 1. The summed E-state index contributed by atoms with van der Waals surface area (Å²) in [5.41, 5.74) is 1.14. The third-order valence-electron chi connectivity index (χ3n) is 3.10. The molecule has 0 saturated carbocycles. The summed E-state index contributed by atoms with van der Waals surface area (Å²) in [7, 11) is 0. The molecule has 0 aromatic heterocycles. The van der Waals surface area contributed by atoms with Gasteiger partial charge in [0.25, 0.3) is 5.91 Å². The average Bonchev–Trinajstić information content (AvgIpc) is 2.61. The molecule has 0 aliphatic heterocycles. The zero-order valence-electron chi connectivity index (χ0n) is 13.2. The molecule has 2 aromatic carbocycles. The van der Waals surface area contributed by atoms with Crippen molar-refractivity contribution in [1.82, 2.24) is 0 Å². The predicted octanol–water partition coefficient (Wildman–Crippen LogP) is 5.42. The Morgan fingerprint density at radius 1 is 1.27 bits per heavy atom. The van der Waals surface area contributed by atoms with Gasteiger partial charge in [-0.05, 0) is 79.9 Å². The van der Waals surface area contributed by atoms with Gasteiger partial charge in [0.2, 0.25) is 0 Å². The van der Waals surface area contributed by atoms with Crippen LogP contribution in [0.5, 0.6) is 5.75 Å². The van der Waals surface area contributed by atoms with Crippen LogP contribution in [0.1, 0.15) is 5.56 Å². The molecule has 1 amide bonds. The first-order valence-corrected chi connectivity index (χ1v) is 9.15. The smallest absolute Gasteiger partial charge is 0.266 e. The molecule has 0 fully saturated rings. The minimum absolute atomic E-state index is 0.0453. The Labute approximate surface area is 173 Å².